The molecule has 0 fully saturated rings. The number of carbonyl (C=O) groups excluding carboxylic acids is 1. The normalized spacial score (nSPS) is 10.7. The quantitative estimate of drug-likeness (QED) is 0.722. The number of rotatable bonds is 8. The van der Waals surface area contributed by atoms with E-state index in [1.54, 1.807) is 0 Å². The molecule has 0 saturated heterocycles. The number of hydrogen-bond donors (Lipinski definition) is 2. The second-order valence-corrected chi connectivity index (χ2v) is 6.39. The van der Waals surface area contributed by atoms with Gasteiger partial charge in [-0.25, -0.2) is 0 Å². The van der Waals surface area contributed by atoms with Gasteiger partial charge in [0.1, 0.15) is 11.1 Å². The Morgan fingerprint density at radius 2 is 2.10 bits per heavy atom. The minimum Gasteiger partial charge on any atom is -0.396 e. The van der Waals surface area contributed by atoms with E-state index in [0.717, 1.165) is 36.2 Å². The monoisotopic (exact) mass is 309 g/mol. The molecule has 1 aromatic heterocycles. The largest absolute Gasteiger partial charge is 0.396 e. The maximum atomic E-state index is 12.0. The van der Waals surface area contributed by atoms with Gasteiger partial charge in [0.15, 0.2) is 0 Å². The first kappa shape index (κ1) is 17.6. The van der Waals surface area contributed by atoms with Crippen LogP contribution in [0.2, 0.25) is 0 Å². The Balaban J connectivity index is 2.47. The molecule has 2 N–H and O–H groups in total. The van der Waals surface area contributed by atoms with Gasteiger partial charge in [0.05, 0.1) is 12.1 Å². The van der Waals surface area contributed by atoms with Crippen molar-refractivity contribution in [2.75, 3.05) is 32.1 Å². The zero-order chi connectivity index (χ0) is 15.8. The van der Waals surface area contributed by atoms with Gasteiger partial charge in [-0.2, -0.15) is 5.26 Å². The fourth-order valence-electron chi connectivity index (χ4n) is 2.01. The lowest BCUT2D eigenvalue weighted by Gasteiger charge is -2.15. The van der Waals surface area contributed by atoms with E-state index >= 15 is 0 Å². The van der Waals surface area contributed by atoms with Crippen molar-refractivity contribution in [2.24, 2.45) is 0 Å². The summed E-state index contributed by atoms with van der Waals surface area (Å²) in [5, 5.41) is 21.3. The zero-order valence-corrected chi connectivity index (χ0v) is 13.7. The fraction of sp³-hybridized carbons (Fsp3) is 0.600. The predicted octanol–water partition coefficient (Wildman–Crippen LogP) is 2.27. The summed E-state index contributed by atoms with van der Waals surface area (Å²) in [4.78, 5) is 15.0. The van der Waals surface area contributed by atoms with Crippen LogP contribution in [0.3, 0.4) is 0 Å². The van der Waals surface area contributed by atoms with E-state index in [2.05, 4.69) is 11.4 Å². The standard InChI is InChI=1S/C15H23N3O2S/c1-11-12(2)21-15(13(11)9-16)17-14(20)10-18(3)7-5-4-6-8-19/h19H,4-8,10H2,1-3H3,(H,17,20). The predicted molar refractivity (Wildman–Crippen MR) is 85.6 cm³/mol. The van der Waals surface area contributed by atoms with Gasteiger partial charge >= 0.3 is 0 Å². The lowest BCUT2D eigenvalue weighted by molar-refractivity contribution is -0.117. The second-order valence-electron chi connectivity index (χ2n) is 5.17. The van der Waals surface area contributed by atoms with Crippen molar-refractivity contribution in [3.05, 3.63) is 16.0 Å². The van der Waals surface area contributed by atoms with Crippen molar-refractivity contribution in [1.29, 1.82) is 5.26 Å². The number of likely N-dealkylation sites (N-methyl/N-ethyl adjacent to an activating group) is 1. The third kappa shape index (κ3) is 5.46. The number of aliphatic hydroxyl groups is 1. The van der Waals surface area contributed by atoms with Gasteiger partial charge in [-0.1, -0.05) is 0 Å². The highest BCUT2D eigenvalue weighted by molar-refractivity contribution is 7.16. The molecular formula is C15H23N3O2S. The van der Waals surface area contributed by atoms with E-state index in [1.807, 2.05) is 25.8 Å². The van der Waals surface area contributed by atoms with Gasteiger partial charge in [0.25, 0.3) is 0 Å². The number of nitrogens with zero attached hydrogens (tertiary/aromatic N) is 2. The summed E-state index contributed by atoms with van der Waals surface area (Å²) in [6, 6.07) is 2.15. The van der Waals surface area contributed by atoms with Gasteiger partial charge in [-0.15, -0.1) is 11.3 Å². The molecule has 21 heavy (non-hydrogen) atoms. The highest BCUT2D eigenvalue weighted by Crippen LogP contribution is 2.31. The molecule has 1 heterocycles. The molecular weight excluding hydrogens is 286 g/mol. The number of amides is 1. The summed E-state index contributed by atoms with van der Waals surface area (Å²) in [6.07, 6.45) is 2.73. The number of aryl methyl sites for hydroxylation is 1. The molecule has 1 aromatic rings. The number of nitriles is 1. The third-order valence-corrected chi connectivity index (χ3v) is 4.48. The molecule has 0 aliphatic rings. The smallest absolute Gasteiger partial charge is 0.239 e. The first-order valence-corrected chi connectivity index (χ1v) is 7.90. The van der Waals surface area contributed by atoms with Crippen LogP contribution >= 0.6 is 11.3 Å². The molecule has 0 spiro atoms. The Bertz CT molecular complexity index is 520. The third-order valence-electron chi connectivity index (χ3n) is 3.36. The van der Waals surface area contributed by atoms with E-state index in [9.17, 15) is 4.79 Å². The molecule has 0 atom stereocenters. The molecule has 1 amide bonds. The van der Waals surface area contributed by atoms with Crippen LogP contribution in [0.25, 0.3) is 0 Å². The van der Waals surface area contributed by atoms with Gasteiger partial charge in [-0.3, -0.25) is 9.69 Å². The first-order valence-electron chi connectivity index (χ1n) is 7.09. The lowest BCUT2D eigenvalue weighted by atomic mass is 10.2. The Kier molecular flexibility index (Phi) is 7.37. The maximum Gasteiger partial charge on any atom is 0.239 e. The number of aliphatic hydroxyl groups excluding tert-OH is 1. The van der Waals surface area contributed by atoms with Gasteiger partial charge in [0.2, 0.25) is 5.91 Å². The summed E-state index contributed by atoms with van der Waals surface area (Å²) < 4.78 is 0. The van der Waals surface area contributed by atoms with Crippen molar-refractivity contribution >= 4 is 22.2 Å². The topological polar surface area (TPSA) is 76.4 Å². The summed E-state index contributed by atoms with van der Waals surface area (Å²) in [5.74, 6) is -0.0996. The van der Waals surface area contributed by atoms with Crippen LogP contribution in [0.4, 0.5) is 5.00 Å². The van der Waals surface area contributed by atoms with Crippen molar-refractivity contribution in [3.63, 3.8) is 0 Å². The van der Waals surface area contributed by atoms with Crippen molar-refractivity contribution in [2.45, 2.75) is 33.1 Å². The average Bonchev–Trinajstić information content (AvgIpc) is 2.69. The van der Waals surface area contributed by atoms with E-state index in [0.29, 0.717) is 17.1 Å². The van der Waals surface area contributed by atoms with Crippen LogP contribution in [0, 0.1) is 25.2 Å². The number of carbonyl (C=O) groups is 1. The average molecular weight is 309 g/mol. The number of thiophene rings is 1. The molecule has 0 unspecified atom stereocenters. The number of unbranched alkanes of at least 4 members (excludes halogenated alkanes) is 2. The van der Waals surface area contributed by atoms with Crippen molar-refractivity contribution in [3.8, 4) is 6.07 Å². The number of anilines is 1. The van der Waals surface area contributed by atoms with E-state index in [1.165, 1.54) is 11.3 Å². The highest BCUT2D eigenvalue weighted by atomic mass is 32.1. The van der Waals surface area contributed by atoms with Gasteiger partial charge in [0, 0.05) is 11.5 Å². The Morgan fingerprint density at radius 1 is 1.38 bits per heavy atom. The molecule has 0 radical (unpaired) electrons. The molecule has 1 rings (SSSR count). The summed E-state index contributed by atoms with van der Waals surface area (Å²) in [5.41, 5.74) is 1.51. The van der Waals surface area contributed by atoms with Crippen LogP contribution in [0.1, 0.15) is 35.3 Å². The lowest BCUT2D eigenvalue weighted by Crippen LogP contribution is -2.30. The Labute approximate surface area is 130 Å². The molecule has 5 nitrogen and oxygen atoms in total. The van der Waals surface area contributed by atoms with Gasteiger partial charge < -0.3 is 10.4 Å². The minimum atomic E-state index is -0.0996. The van der Waals surface area contributed by atoms with E-state index in [-0.39, 0.29) is 12.5 Å². The zero-order valence-electron chi connectivity index (χ0n) is 12.9. The van der Waals surface area contributed by atoms with Crippen LogP contribution < -0.4 is 5.32 Å². The maximum absolute atomic E-state index is 12.0. The molecule has 6 heteroatoms. The molecule has 0 aliphatic heterocycles. The van der Waals surface area contributed by atoms with Crippen LogP contribution in [0.15, 0.2) is 0 Å². The summed E-state index contributed by atoms with van der Waals surface area (Å²) >= 11 is 1.44. The summed E-state index contributed by atoms with van der Waals surface area (Å²) in [7, 11) is 1.90. The SMILES string of the molecule is Cc1sc(NC(=O)CN(C)CCCCCO)c(C#N)c1C. The Hall–Kier alpha value is -1.42. The second kappa shape index (κ2) is 8.78. The minimum absolute atomic E-state index is 0.0996. The molecule has 0 aliphatic carbocycles. The highest BCUT2D eigenvalue weighted by Gasteiger charge is 2.15. The van der Waals surface area contributed by atoms with Crippen LogP contribution in [0.5, 0.6) is 0 Å². The van der Waals surface area contributed by atoms with E-state index < -0.39 is 0 Å². The van der Waals surface area contributed by atoms with Crippen molar-refractivity contribution < 1.29 is 9.90 Å². The molecule has 0 bridgehead atoms. The number of nitrogens with one attached hydrogen (secondary N) is 1. The molecule has 116 valence electrons. The molecule has 0 saturated carbocycles. The van der Waals surface area contributed by atoms with Crippen LogP contribution in [-0.4, -0.2) is 42.7 Å². The Morgan fingerprint density at radius 3 is 2.71 bits per heavy atom. The van der Waals surface area contributed by atoms with Crippen molar-refractivity contribution in [1.82, 2.24) is 4.90 Å². The first-order chi connectivity index (χ1) is 9.99. The fourth-order valence-corrected chi connectivity index (χ4v) is 3.04. The summed E-state index contributed by atoms with van der Waals surface area (Å²) in [6.45, 7) is 5.19. The van der Waals surface area contributed by atoms with E-state index in [4.69, 9.17) is 10.4 Å². The van der Waals surface area contributed by atoms with Crippen LogP contribution in [-0.2, 0) is 4.79 Å². The number of hydrogen-bond acceptors (Lipinski definition) is 5. The molecule has 0 aromatic carbocycles. The van der Waals surface area contributed by atoms with Gasteiger partial charge in [-0.05, 0) is 52.3 Å².